The Kier molecular flexibility index (Phi) is 2.97. The summed E-state index contributed by atoms with van der Waals surface area (Å²) in [5.74, 6) is 1.61. The molecule has 0 aliphatic carbocycles. The van der Waals surface area contributed by atoms with Crippen molar-refractivity contribution in [3.8, 4) is 6.07 Å². The van der Waals surface area contributed by atoms with Crippen molar-refractivity contribution in [1.29, 1.82) is 5.26 Å². The number of hydrogen-bond donors (Lipinski definition) is 0. The Morgan fingerprint density at radius 2 is 2.25 bits per heavy atom. The first kappa shape index (κ1) is 11.2. The quantitative estimate of drug-likeness (QED) is 0.705. The molecule has 86 valence electrons. The van der Waals surface area contributed by atoms with Crippen molar-refractivity contribution >= 4 is 0 Å². The smallest absolute Gasteiger partial charge is 0.111 e. The van der Waals surface area contributed by atoms with Gasteiger partial charge < -0.3 is 4.57 Å². The van der Waals surface area contributed by atoms with Crippen molar-refractivity contribution in [2.45, 2.75) is 32.7 Å². The summed E-state index contributed by atoms with van der Waals surface area (Å²) >= 11 is 0. The third-order valence-corrected chi connectivity index (χ3v) is 3.18. The monoisotopic (exact) mass is 218 g/mol. The van der Waals surface area contributed by atoms with Gasteiger partial charge in [-0.25, -0.2) is 4.98 Å². The standard InChI is InChI=1S/C12H18N4/c1-9(2)12-14-10-8-16(7-5-13)6-4-11(10)15(12)3/h9H,4,6-8H2,1-3H3. The maximum absolute atomic E-state index is 8.70. The summed E-state index contributed by atoms with van der Waals surface area (Å²) in [5.41, 5.74) is 2.51. The summed E-state index contributed by atoms with van der Waals surface area (Å²) in [7, 11) is 2.10. The summed E-state index contributed by atoms with van der Waals surface area (Å²) in [6.07, 6.45) is 1.01. The van der Waals surface area contributed by atoms with Crippen molar-refractivity contribution in [2.24, 2.45) is 7.05 Å². The Balaban J connectivity index is 2.27. The van der Waals surface area contributed by atoms with Crippen LogP contribution in [0.25, 0.3) is 0 Å². The predicted octanol–water partition coefficient (Wildman–Crippen LogP) is 1.43. The van der Waals surface area contributed by atoms with E-state index >= 15 is 0 Å². The first-order chi connectivity index (χ1) is 7.63. The van der Waals surface area contributed by atoms with Crippen LogP contribution in [0.2, 0.25) is 0 Å². The van der Waals surface area contributed by atoms with E-state index < -0.39 is 0 Å². The molecule has 0 spiro atoms. The van der Waals surface area contributed by atoms with Gasteiger partial charge in [-0.3, -0.25) is 4.90 Å². The van der Waals surface area contributed by atoms with Crippen molar-refractivity contribution in [3.05, 3.63) is 17.2 Å². The summed E-state index contributed by atoms with van der Waals surface area (Å²) in [5, 5.41) is 8.70. The molecule has 0 radical (unpaired) electrons. The highest BCUT2D eigenvalue weighted by Gasteiger charge is 2.23. The Morgan fingerprint density at radius 3 is 2.88 bits per heavy atom. The van der Waals surface area contributed by atoms with Crippen LogP contribution in [0.1, 0.15) is 37.0 Å². The van der Waals surface area contributed by atoms with Gasteiger partial charge in [0, 0.05) is 38.2 Å². The molecule has 0 aromatic carbocycles. The molecule has 0 amide bonds. The van der Waals surface area contributed by atoms with Gasteiger partial charge in [0.15, 0.2) is 0 Å². The summed E-state index contributed by atoms with van der Waals surface area (Å²) in [6.45, 7) is 6.63. The van der Waals surface area contributed by atoms with Crippen LogP contribution in [-0.2, 0) is 20.0 Å². The Hall–Kier alpha value is -1.34. The zero-order valence-corrected chi connectivity index (χ0v) is 10.2. The minimum Gasteiger partial charge on any atom is -0.335 e. The molecular formula is C12H18N4. The van der Waals surface area contributed by atoms with Crippen LogP contribution in [0.4, 0.5) is 0 Å². The molecule has 1 aliphatic heterocycles. The lowest BCUT2D eigenvalue weighted by Crippen LogP contribution is -2.31. The maximum Gasteiger partial charge on any atom is 0.111 e. The van der Waals surface area contributed by atoms with Crippen molar-refractivity contribution in [2.75, 3.05) is 13.1 Å². The predicted molar refractivity (Wildman–Crippen MR) is 61.9 cm³/mol. The highest BCUT2D eigenvalue weighted by Crippen LogP contribution is 2.22. The fraction of sp³-hybridized carbons (Fsp3) is 0.667. The van der Waals surface area contributed by atoms with Gasteiger partial charge in [-0.2, -0.15) is 5.26 Å². The molecular weight excluding hydrogens is 200 g/mol. The number of hydrogen-bond acceptors (Lipinski definition) is 3. The zero-order chi connectivity index (χ0) is 11.7. The lowest BCUT2D eigenvalue weighted by atomic mass is 10.1. The first-order valence-corrected chi connectivity index (χ1v) is 5.77. The molecule has 0 N–H and O–H groups in total. The van der Waals surface area contributed by atoms with E-state index in [9.17, 15) is 0 Å². The summed E-state index contributed by atoms with van der Waals surface area (Å²) < 4.78 is 2.23. The van der Waals surface area contributed by atoms with E-state index in [2.05, 4.69) is 36.4 Å². The average molecular weight is 218 g/mol. The summed E-state index contributed by atoms with van der Waals surface area (Å²) in [4.78, 5) is 6.85. The van der Waals surface area contributed by atoms with Gasteiger partial charge in [0.2, 0.25) is 0 Å². The van der Waals surface area contributed by atoms with E-state index in [1.54, 1.807) is 0 Å². The van der Waals surface area contributed by atoms with Crippen LogP contribution in [0, 0.1) is 11.3 Å². The van der Waals surface area contributed by atoms with Crippen LogP contribution >= 0.6 is 0 Å². The van der Waals surface area contributed by atoms with Crippen molar-refractivity contribution in [3.63, 3.8) is 0 Å². The molecule has 16 heavy (non-hydrogen) atoms. The van der Waals surface area contributed by atoms with Crippen molar-refractivity contribution < 1.29 is 0 Å². The summed E-state index contributed by atoms with van der Waals surface area (Å²) in [6, 6.07) is 2.20. The normalized spacial score (nSPS) is 16.2. The third-order valence-electron chi connectivity index (χ3n) is 3.18. The number of fused-ring (bicyclic) bond motifs is 1. The lowest BCUT2D eigenvalue weighted by Gasteiger charge is -2.23. The molecule has 0 fully saturated rings. The highest BCUT2D eigenvalue weighted by molar-refractivity contribution is 5.21. The molecule has 1 aliphatic rings. The average Bonchev–Trinajstić information content (AvgIpc) is 2.56. The minimum atomic E-state index is 0.458. The zero-order valence-electron chi connectivity index (χ0n) is 10.2. The van der Waals surface area contributed by atoms with E-state index in [0.717, 1.165) is 31.0 Å². The number of rotatable bonds is 2. The maximum atomic E-state index is 8.70. The highest BCUT2D eigenvalue weighted by atomic mass is 15.2. The Labute approximate surface area is 96.5 Å². The fourth-order valence-electron chi connectivity index (χ4n) is 2.35. The molecule has 4 nitrogen and oxygen atoms in total. The number of imidazole rings is 1. The fourth-order valence-corrected chi connectivity index (χ4v) is 2.35. The molecule has 1 aromatic heterocycles. The second-order valence-electron chi connectivity index (χ2n) is 4.70. The number of nitrogens with zero attached hydrogens (tertiary/aromatic N) is 4. The van der Waals surface area contributed by atoms with E-state index in [0.29, 0.717) is 12.5 Å². The first-order valence-electron chi connectivity index (χ1n) is 5.77. The molecule has 0 saturated heterocycles. The molecule has 2 rings (SSSR count). The Morgan fingerprint density at radius 1 is 1.50 bits per heavy atom. The van der Waals surface area contributed by atoms with Crippen molar-refractivity contribution in [1.82, 2.24) is 14.5 Å². The molecule has 0 unspecified atom stereocenters. The topological polar surface area (TPSA) is 44.9 Å². The van der Waals surface area contributed by atoms with Gasteiger partial charge in [-0.05, 0) is 0 Å². The van der Waals surface area contributed by atoms with Gasteiger partial charge in [0.05, 0.1) is 18.3 Å². The Bertz CT molecular complexity index is 425. The van der Waals surface area contributed by atoms with Gasteiger partial charge in [0.1, 0.15) is 5.82 Å². The van der Waals surface area contributed by atoms with E-state index in [-0.39, 0.29) is 0 Å². The second kappa shape index (κ2) is 4.26. The van der Waals surface area contributed by atoms with Crippen LogP contribution < -0.4 is 0 Å². The molecule has 0 bridgehead atoms. The minimum absolute atomic E-state index is 0.458. The van der Waals surface area contributed by atoms with Crippen LogP contribution in [0.5, 0.6) is 0 Å². The third kappa shape index (κ3) is 1.83. The van der Waals surface area contributed by atoms with Gasteiger partial charge >= 0.3 is 0 Å². The molecule has 1 aromatic rings. The van der Waals surface area contributed by atoms with Crippen LogP contribution in [0.3, 0.4) is 0 Å². The van der Waals surface area contributed by atoms with Gasteiger partial charge in [-0.15, -0.1) is 0 Å². The van der Waals surface area contributed by atoms with Crippen LogP contribution in [-0.4, -0.2) is 27.5 Å². The molecule has 0 saturated carbocycles. The van der Waals surface area contributed by atoms with Gasteiger partial charge in [0.25, 0.3) is 0 Å². The van der Waals surface area contributed by atoms with Gasteiger partial charge in [-0.1, -0.05) is 13.8 Å². The molecule has 2 heterocycles. The number of aromatic nitrogens is 2. The van der Waals surface area contributed by atoms with Crippen LogP contribution in [0.15, 0.2) is 0 Å². The SMILES string of the molecule is CC(C)c1nc2c(n1C)CCN(CC#N)C2. The largest absolute Gasteiger partial charge is 0.335 e. The molecule has 4 heteroatoms. The second-order valence-corrected chi connectivity index (χ2v) is 4.70. The van der Waals surface area contributed by atoms with E-state index in [1.165, 1.54) is 5.69 Å². The number of nitriles is 1. The van der Waals surface area contributed by atoms with E-state index in [1.807, 2.05) is 0 Å². The van der Waals surface area contributed by atoms with E-state index in [4.69, 9.17) is 10.2 Å². The molecule has 0 atom stereocenters. The lowest BCUT2D eigenvalue weighted by molar-refractivity contribution is 0.278.